The summed E-state index contributed by atoms with van der Waals surface area (Å²) in [6, 6.07) is 25.8. The lowest BCUT2D eigenvalue weighted by atomic mass is 9.78. The monoisotopic (exact) mass is 380 g/mol. The molecule has 0 radical (unpaired) electrons. The Kier molecular flexibility index (Phi) is 5.26. The van der Waals surface area contributed by atoms with Crippen LogP contribution in [0.4, 0.5) is 0 Å². The molecule has 0 saturated heterocycles. The lowest BCUT2D eigenvalue weighted by Crippen LogP contribution is -2.14. The summed E-state index contributed by atoms with van der Waals surface area (Å²) in [4.78, 5) is 25.0. The van der Waals surface area contributed by atoms with Crippen molar-refractivity contribution in [2.45, 2.75) is 32.1 Å². The molecule has 1 aliphatic carbocycles. The molecule has 0 saturated carbocycles. The van der Waals surface area contributed by atoms with Crippen molar-refractivity contribution in [3.8, 4) is 0 Å². The van der Waals surface area contributed by atoms with Crippen molar-refractivity contribution in [1.29, 1.82) is 0 Å². The van der Waals surface area contributed by atoms with E-state index in [4.69, 9.17) is 0 Å². The molecular weight excluding hydrogens is 356 g/mol. The number of aryl methyl sites for hydroxylation is 1. The van der Waals surface area contributed by atoms with Crippen molar-refractivity contribution >= 4 is 11.6 Å². The van der Waals surface area contributed by atoms with E-state index in [1.807, 2.05) is 54.6 Å². The molecule has 3 aromatic carbocycles. The average molecular weight is 380 g/mol. The summed E-state index contributed by atoms with van der Waals surface area (Å²) in [7, 11) is 0. The minimum atomic E-state index is -0.0218. The van der Waals surface area contributed by atoms with Gasteiger partial charge in [0.15, 0.2) is 11.6 Å². The van der Waals surface area contributed by atoms with Gasteiger partial charge in [-0.25, -0.2) is 0 Å². The number of benzene rings is 3. The summed E-state index contributed by atoms with van der Waals surface area (Å²) in [5.74, 6) is 0.322. The van der Waals surface area contributed by atoms with Crippen LogP contribution >= 0.6 is 0 Å². The van der Waals surface area contributed by atoms with Gasteiger partial charge in [-0.05, 0) is 37.3 Å². The van der Waals surface area contributed by atoms with Gasteiger partial charge in [-0.3, -0.25) is 9.59 Å². The molecule has 4 rings (SSSR count). The van der Waals surface area contributed by atoms with E-state index in [0.717, 1.165) is 17.6 Å². The largest absolute Gasteiger partial charge is 0.295 e. The first kappa shape index (κ1) is 19.1. The SMILES string of the molecule is CC(=O)c1ccc([C@H]2C(C(=O)c3ccccc3)=CC[C@@H]2c2ccc(C)cc2)cc1. The molecule has 144 valence electrons. The Morgan fingerprint density at radius 2 is 1.38 bits per heavy atom. The van der Waals surface area contributed by atoms with Crippen molar-refractivity contribution in [2.24, 2.45) is 0 Å². The van der Waals surface area contributed by atoms with Gasteiger partial charge < -0.3 is 0 Å². The molecule has 0 bridgehead atoms. The first-order valence-electron chi connectivity index (χ1n) is 10.0. The van der Waals surface area contributed by atoms with Gasteiger partial charge in [0.1, 0.15) is 0 Å². The van der Waals surface area contributed by atoms with Crippen molar-refractivity contribution in [2.75, 3.05) is 0 Å². The quantitative estimate of drug-likeness (QED) is 0.488. The Balaban J connectivity index is 1.75. The van der Waals surface area contributed by atoms with Gasteiger partial charge >= 0.3 is 0 Å². The normalized spacial score (nSPS) is 18.3. The summed E-state index contributed by atoms with van der Waals surface area (Å²) in [5, 5.41) is 0. The molecule has 0 fully saturated rings. The van der Waals surface area contributed by atoms with Crippen LogP contribution in [0, 0.1) is 6.92 Å². The van der Waals surface area contributed by atoms with Crippen LogP contribution in [0.2, 0.25) is 0 Å². The third-order valence-corrected chi connectivity index (χ3v) is 5.81. The number of carbonyl (C=O) groups excluding carboxylic acids is 2. The Bertz CT molecular complexity index is 1060. The topological polar surface area (TPSA) is 34.1 Å². The zero-order valence-electron chi connectivity index (χ0n) is 16.8. The number of hydrogen-bond acceptors (Lipinski definition) is 2. The van der Waals surface area contributed by atoms with E-state index in [2.05, 4.69) is 37.3 Å². The molecule has 1 aliphatic rings. The number of carbonyl (C=O) groups is 2. The molecule has 2 heteroatoms. The van der Waals surface area contributed by atoms with Crippen LogP contribution in [0.15, 0.2) is 90.5 Å². The fourth-order valence-electron chi connectivity index (χ4n) is 4.20. The van der Waals surface area contributed by atoms with Crippen LogP contribution in [0.3, 0.4) is 0 Å². The first-order chi connectivity index (χ1) is 14.0. The molecule has 2 atom stereocenters. The van der Waals surface area contributed by atoms with Gasteiger partial charge in [0.25, 0.3) is 0 Å². The second-order valence-corrected chi connectivity index (χ2v) is 7.76. The molecular formula is C27H24O2. The van der Waals surface area contributed by atoms with Gasteiger partial charge in [-0.15, -0.1) is 0 Å². The third kappa shape index (κ3) is 3.84. The van der Waals surface area contributed by atoms with E-state index in [9.17, 15) is 9.59 Å². The number of Topliss-reactive ketones (excluding diaryl/α,β-unsaturated/α-hetero) is 2. The molecule has 0 heterocycles. The van der Waals surface area contributed by atoms with E-state index in [1.54, 1.807) is 6.92 Å². The van der Waals surface area contributed by atoms with Crippen molar-refractivity contribution in [3.63, 3.8) is 0 Å². The van der Waals surface area contributed by atoms with Crippen LogP contribution in [-0.4, -0.2) is 11.6 Å². The van der Waals surface area contributed by atoms with Crippen LogP contribution in [0.5, 0.6) is 0 Å². The highest BCUT2D eigenvalue weighted by Crippen LogP contribution is 2.47. The summed E-state index contributed by atoms with van der Waals surface area (Å²) in [5.41, 5.74) is 5.80. The smallest absolute Gasteiger partial charge is 0.189 e. The molecule has 3 aromatic rings. The highest BCUT2D eigenvalue weighted by atomic mass is 16.1. The van der Waals surface area contributed by atoms with Crippen LogP contribution in [0.1, 0.15) is 62.6 Å². The maximum atomic E-state index is 13.3. The Morgan fingerprint density at radius 1 is 0.759 bits per heavy atom. The summed E-state index contributed by atoms with van der Waals surface area (Å²) < 4.78 is 0. The van der Waals surface area contributed by atoms with E-state index < -0.39 is 0 Å². The zero-order chi connectivity index (χ0) is 20.4. The number of hydrogen-bond donors (Lipinski definition) is 0. The summed E-state index contributed by atoms with van der Waals surface area (Å²) in [6.07, 6.45) is 2.93. The highest BCUT2D eigenvalue weighted by molar-refractivity contribution is 6.10. The van der Waals surface area contributed by atoms with Gasteiger partial charge in [0.05, 0.1) is 0 Å². The second-order valence-electron chi connectivity index (χ2n) is 7.76. The summed E-state index contributed by atoms with van der Waals surface area (Å²) in [6.45, 7) is 3.66. The maximum absolute atomic E-state index is 13.3. The minimum absolute atomic E-state index is 0.0218. The Labute approximate surface area is 171 Å². The van der Waals surface area contributed by atoms with E-state index in [1.165, 1.54) is 11.1 Å². The number of ketones is 2. The molecule has 0 aliphatic heterocycles. The van der Waals surface area contributed by atoms with E-state index in [-0.39, 0.29) is 23.4 Å². The van der Waals surface area contributed by atoms with Crippen molar-refractivity contribution in [1.82, 2.24) is 0 Å². The Morgan fingerprint density at radius 3 is 2.00 bits per heavy atom. The van der Waals surface area contributed by atoms with Gasteiger partial charge in [0, 0.05) is 22.6 Å². The minimum Gasteiger partial charge on any atom is -0.295 e. The number of rotatable bonds is 5. The lowest BCUT2D eigenvalue weighted by molar-refractivity contribution is 0.101. The average Bonchev–Trinajstić information content (AvgIpc) is 3.19. The molecule has 0 spiro atoms. The van der Waals surface area contributed by atoms with Crippen molar-refractivity contribution < 1.29 is 9.59 Å². The summed E-state index contributed by atoms with van der Waals surface area (Å²) >= 11 is 0. The van der Waals surface area contributed by atoms with Crippen LogP contribution < -0.4 is 0 Å². The van der Waals surface area contributed by atoms with Gasteiger partial charge in [-0.2, -0.15) is 0 Å². The fourth-order valence-corrected chi connectivity index (χ4v) is 4.20. The first-order valence-corrected chi connectivity index (χ1v) is 10.0. The molecule has 0 unspecified atom stereocenters. The highest BCUT2D eigenvalue weighted by Gasteiger charge is 2.35. The predicted molar refractivity (Wildman–Crippen MR) is 117 cm³/mol. The van der Waals surface area contributed by atoms with Gasteiger partial charge in [0.2, 0.25) is 0 Å². The van der Waals surface area contributed by atoms with Crippen LogP contribution in [-0.2, 0) is 0 Å². The zero-order valence-corrected chi connectivity index (χ0v) is 16.8. The second kappa shape index (κ2) is 8.00. The van der Waals surface area contributed by atoms with Crippen LogP contribution in [0.25, 0.3) is 0 Å². The number of allylic oxidation sites excluding steroid dienone is 2. The molecule has 2 nitrogen and oxygen atoms in total. The van der Waals surface area contributed by atoms with Gasteiger partial charge in [-0.1, -0.05) is 90.5 Å². The standard InChI is InChI=1S/C27H24O2/c1-18-8-10-21(11-9-18)24-16-17-25(27(29)23-6-4-3-5-7-23)26(24)22-14-12-20(13-15-22)19(2)28/h3-15,17,24,26H,16H2,1-2H3/t24-,26-/m1/s1. The predicted octanol–water partition coefficient (Wildman–Crippen LogP) is 6.28. The van der Waals surface area contributed by atoms with E-state index >= 15 is 0 Å². The molecule has 0 amide bonds. The maximum Gasteiger partial charge on any atom is 0.189 e. The molecule has 0 aromatic heterocycles. The fraction of sp³-hybridized carbons (Fsp3) is 0.185. The Hall–Kier alpha value is -3.26. The lowest BCUT2D eigenvalue weighted by Gasteiger charge is -2.24. The molecule has 29 heavy (non-hydrogen) atoms. The third-order valence-electron chi connectivity index (χ3n) is 5.81. The van der Waals surface area contributed by atoms with E-state index in [0.29, 0.717) is 11.1 Å². The van der Waals surface area contributed by atoms with Crippen molar-refractivity contribution in [3.05, 3.63) is 118 Å². The molecule has 0 N–H and O–H groups in total.